The molecule has 0 fully saturated rings. The highest BCUT2D eigenvalue weighted by Gasteiger charge is 2.33. The molecule has 0 aliphatic carbocycles. The smallest absolute Gasteiger partial charge is 0.312 e. The lowest BCUT2D eigenvalue weighted by molar-refractivity contribution is -0.138. The molecule has 1 unspecified atom stereocenters. The van der Waals surface area contributed by atoms with Crippen molar-refractivity contribution in [3.63, 3.8) is 0 Å². The number of nitrogens with zero attached hydrogens (tertiary/aromatic N) is 1. The number of rotatable bonds is 3. The number of carbonyl (C=O) groups is 2. The van der Waals surface area contributed by atoms with Gasteiger partial charge in [0, 0.05) is 16.7 Å². The van der Waals surface area contributed by atoms with Crippen LogP contribution in [0.4, 0.5) is 0 Å². The SMILES string of the molecule is O=C(c1cccs1)c1c(Br)cc2n1CCC2C(=O)O. The number of halogens is 1. The highest BCUT2D eigenvalue weighted by molar-refractivity contribution is 9.10. The lowest BCUT2D eigenvalue weighted by atomic mass is 10.1. The highest BCUT2D eigenvalue weighted by Crippen LogP contribution is 2.36. The predicted octanol–water partition coefficient (Wildman–Crippen LogP) is 3.12. The van der Waals surface area contributed by atoms with Crippen molar-refractivity contribution in [1.82, 2.24) is 4.57 Å². The van der Waals surface area contributed by atoms with E-state index in [1.54, 1.807) is 12.1 Å². The molecule has 0 spiro atoms. The van der Waals surface area contributed by atoms with E-state index >= 15 is 0 Å². The molecule has 3 heterocycles. The number of thiophene rings is 1. The number of aliphatic carboxylic acids is 1. The summed E-state index contributed by atoms with van der Waals surface area (Å²) in [5.41, 5.74) is 1.26. The lowest BCUT2D eigenvalue weighted by Gasteiger charge is -2.04. The molecular formula is C13H10BrNO3S. The van der Waals surface area contributed by atoms with Gasteiger partial charge >= 0.3 is 5.97 Å². The van der Waals surface area contributed by atoms with E-state index in [0.29, 0.717) is 33.7 Å². The van der Waals surface area contributed by atoms with Gasteiger partial charge in [0.25, 0.3) is 0 Å². The zero-order chi connectivity index (χ0) is 13.6. The number of carboxylic acid groups (broad SMARTS) is 1. The molecule has 0 radical (unpaired) electrons. The third kappa shape index (κ3) is 1.95. The number of aromatic nitrogens is 1. The Hall–Kier alpha value is -1.40. The van der Waals surface area contributed by atoms with Gasteiger partial charge in [-0.25, -0.2) is 0 Å². The first-order valence-corrected chi connectivity index (χ1v) is 7.47. The summed E-state index contributed by atoms with van der Waals surface area (Å²) < 4.78 is 2.50. The van der Waals surface area contributed by atoms with Crippen LogP contribution in [0.3, 0.4) is 0 Å². The minimum atomic E-state index is -0.834. The fraction of sp³-hybridized carbons (Fsp3) is 0.231. The topological polar surface area (TPSA) is 59.3 Å². The van der Waals surface area contributed by atoms with Crippen molar-refractivity contribution in [3.8, 4) is 0 Å². The standard InChI is InChI=1S/C13H10BrNO3S/c14-8-6-9-7(13(17)18)3-4-15(9)11(8)12(16)10-2-1-5-19-10/h1-2,5-7H,3-4H2,(H,17,18). The molecule has 98 valence electrons. The summed E-state index contributed by atoms with van der Waals surface area (Å²) in [6, 6.07) is 5.37. The molecule has 4 nitrogen and oxygen atoms in total. The van der Waals surface area contributed by atoms with Crippen molar-refractivity contribution in [3.05, 3.63) is 44.3 Å². The molecule has 0 aromatic carbocycles. The number of ketones is 1. The Morgan fingerprint density at radius 3 is 2.89 bits per heavy atom. The number of fused-ring (bicyclic) bond motifs is 1. The molecule has 19 heavy (non-hydrogen) atoms. The fourth-order valence-electron chi connectivity index (χ4n) is 2.48. The van der Waals surface area contributed by atoms with E-state index < -0.39 is 11.9 Å². The summed E-state index contributed by atoms with van der Waals surface area (Å²) in [5, 5.41) is 11.0. The maximum Gasteiger partial charge on any atom is 0.312 e. The van der Waals surface area contributed by atoms with E-state index in [0.717, 1.165) is 0 Å². The summed E-state index contributed by atoms with van der Waals surface area (Å²) in [4.78, 5) is 24.3. The van der Waals surface area contributed by atoms with Gasteiger partial charge in [-0.3, -0.25) is 9.59 Å². The van der Waals surface area contributed by atoms with E-state index in [1.165, 1.54) is 11.3 Å². The summed E-state index contributed by atoms with van der Waals surface area (Å²) in [6.07, 6.45) is 0.544. The molecule has 1 aliphatic rings. The van der Waals surface area contributed by atoms with Gasteiger partial charge < -0.3 is 9.67 Å². The van der Waals surface area contributed by atoms with Crippen LogP contribution < -0.4 is 0 Å². The van der Waals surface area contributed by atoms with E-state index in [4.69, 9.17) is 0 Å². The maximum atomic E-state index is 12.4. The predicted molar refractivity (Wildman–Crippen MR) is 74.9 cm³/mol. The first-order valence-electron chi connectivity index (χ1n) is 5.79. The van der Waals surface area contributed by atoms with Gasteiger partial charge in [-0.05, 0) is 39.9 Å². The van der Waals surface area contributed by atoms with Gasteiger partial charge in [-0.1, -0.05) is 6.07 Å². The van der Waals surface area contributed by atoms with Crippen molar-refractivity contribution in [2.24, 2.45) is 0 Å². The molecule has 1 atom stereocenters. The summed E-state index contributed by atoms with van der Waals surface area (Å²) in [7, 11) is 0. The van der Waals surface area contributed by atoms with Crippen molar-refractivity contribution in [1.29, 1.82) is 0 Å². The van der Waals surface area contributed by atoms with Crippen LogP contribution in [-0.4, -0.2) is 21.4 Å². The normalized spacial score (nSPS) is 17.4. The largest absolute Gasteiger partial charge is 0.481 e. The van der Waals surface area contributed by atoms with Crippen LogP contribution >= 0.6 is 27.3 Å². The second-order valence-corrected chi connectivity index (χ2v) is 6.21. The van der Waals surface area contributed by atoms with Gasteiger partial charge in [0.05, 0.1) is 10.8 Å². The molecule has 1 N–H and O–H groups in total. The van der Waals surface area contributed by atoms with Crippen molar-refractivity contribution < 1.29 is 14.7 Å². The van der Waals surface area contributed by atoms with Crippen LogP contribution in [0.15, 0.2) is 28.1 Å². The molecule has 3 rings (SSSR count). The lowest BCUT2D eigenvalue weighted by Crippen LogP contribution is -2.09. The number of carboxylic acids is 1. The Labute approximate surface area is 121 Å². The van der Waals surface area contributed by atoms with Gasteiger partial charge in [0.1, 0.15) is 5.69 Å². The average molecular weight is 340 g/mol. The number of carbonyl (C=O) groups excluding carboxylic acids is 1. The first kappa shape index (κ1) is 12.6. The molecule has 0 saturated heterocycles. The van der Waals surface area contributed by atoms with Crippen LogP contribution in [0.1, 0.15) is 33.4 Å². The second-order valence-electron chi connectivity index (χ2n) is 4.40. The maximum absolute atomic E-state index is 12.4. The Kier molecular flexibility index (Phi) is 3.06. The van der Waals surface area contributed by atoms with Crippen LogP contribution in [0.5, 0.6) is 0 Å². The van der Waals surface area contributed by atoms with Gasteiger partial charge in [0.15, 0.2) is 0 Å². The molecule has 0 bridgehead atoms. The molecule has 0 saturated carbocycles. The number of hydrogen-bond acceptors (Lipinski definition) is 3. The van der Waals surface area contributed by atoms with Crippen LogP contribution in [0.25, 0.3) is 0 Å². The molecule has 2 aromatic heterocycles. The van der Waals surface area contributed by atoms with Crippen LogP contribution in [-0.2, 0) is 11.3 Å². The summed E-state index contributed by atoms with van der Waals surface area (Å²) in [6.45, 7) is 0.574. The minimum absolute atomic E-state index is 0.0563. The average Bonchev–Trinajstić information content (AvgIpc) is 3.01. The zero-order valence-corrected chi connectivity index (χ0v) is 12.2. The second kappa shape index (κ2) is 4.61. The van der Waals surface area contributed by atoms with E-state index in [2.05, 4.69) is 15.9 Å². The van der Waals surface area contributed by atoms with Gasteiger partial charge in [-0.2, -0.15) is 0 Å². The monoisotopic (exact) mass is 339 g/mol. The van der Waals surface area contributed by atoms with E-state index in [1.807, 2.05) is 16.0 Å². The fourth-order valence-corrected chi connectivity index (χ4v) is 3.77. The molecule has 2 aromatic rings. The molecule has 6 heteroatoms. The summed E-state index contributed by atoms with van der Waals surface area (Å²) >= 11 is 4.77. The Balaban J connectivity index is 2.07. The molecule has 1 aliphatic heterocycles. The van der Waals surface area contributed by atoms with Crippen LogP contribution in [0.2, 0.25) is 0 Å². The van der Waals surface area contributed by atoms with Crippen molar-refractivity contribution in [2.75, 3.05) is 0 Å². The summed E-state index contributed by atoms with van der Waals surface area (Å²) in [5.74, 6) is -1.40. The van der Waals surface area contributed by atoms with E-state index in [-0.39, 0.29) is 5.78 Å². The number of hydrogen-bond donors (Lipinski definition) is 1. The third-order valence-electron chi connectivity index (χ3n) is 3.34. The highest BCUT2D eigenvalue weighted by atomic mass is 79.9. The van der Waals surface area contributed by atoms with Crippen molar-refractivity contribution >= 4 is 39.0 Å². The van der Waals surface area contributed by atoms with Crippen LogP contribution in [0, 0.1) is 0 Å². The zero-order valence-electron chi connectivity index (χ0n) is 9.80. The molecule has 0 amide bonds. The van der Waals surface area contributed by atoms with E-state index in [9.17, 15) is 14.7 Å². The third-order valence-corrected chi connectivity index (χ3v) is 4.81. The Morgan fingerprint density at radius 2 is 2.26 bits per heavy atom. The Morgan fingerprint density at radius 1 is 1.47 bits per heavy atom. The molecular weight excluding hydrogens is 330 g/mol. The van der Waals surface area contributed by atoms with Crippen molar-refractivity contribution in [2.45, 2.75) is 18.9 Å². The Bertz CT molecular complexity index is 660. The minimum Gasteiger partial charge on any atom is -0.481 e. The van der Waals surface area contributed by atoms with Gasteiger partial charge in [0.2, 0.25) is 5.78 Å². The first-order chi connectivity index (χ1) is 9.09. The van der Waals surface area contributed by atoms with Gasteiger partial charge in [-0.15, -0.1) is 11.3 Å². The quantitative estimate of drug-likeness (QED) is 0.874.